The molecule has 0 aromatic heterocycles. The number of halogens is 1. The molecule has 0 fully saturated rings. The lowest BCUT2D eigenvalue weighted by Gasteiger charge is -2.14. The quantitative estimate of drug-likeness (QED) is 0.718. The van der Waals surface area contributed by atoms with Crippen LogP contribution < -0.4 is 14.8 Å². The minimum absolute atomic E-state index is 0.0957. The lowest BCUT2D eigenvalue weighted by Crippen LogP contribution is -2.35. The standard InChI is InChI=1S/C20H22FNO5/c1-13(20(24)22-12-14-4-7-16(25-2)8-5-14)27-19(23)11-15-6-9-18(26-3)17(21)10-15/h4-10,13H,11-12H2,1-3H3,(H,22,24)/t13-/m1/s1. The Labute approximate surface area is 157 Å². The van der Waals surface area contributed by atoms with E-state index in [9.17, 15) is 14.0 Å². The number of rotatable bonds is 8. The van der Waals surface area contributed by atoms with Crippen molar-refractivity contribution in [3.05, 3.63) is 59.4 Å². The summed E-state index contributed by atoms with van der Waals surface area (Å²) in [7, 11) is 2.94. The van der Waals surface area contributed by atoms with Crippen molar-refractivity contribution in [1.29, 1.82) is 0 Å². The van der Waals surface area contributed by atoms with E-state index in [1.165, 1.54) is 26.2 Å². The molecule has 0 heterocycles. The summed E-state index contributed by atoms with van der Waals surface area (Å²) in [5.41, 5.74) is 1.32. The maximum Gasteiger partial charge on any atom is 0.311 e. The third kappa shape index (κ3) is 5.99. The number of methoxy groups -OCH3 is 2. The molecule has 0 saturated carbocycles. The van der Waals surface area contributed by atoms with Crippen molar-refractivity contribution in [2.24, 2.45) is 0 Å². The molecule has 27 heavy (non-hydrogen) atoms. The molecule has 144 valence electrons. The molecule has 1 amide bonds. The van der Waals surface area contributed by atoms with Crippen LogP contribution in [-0.2, 0) is 27.3 Å². The maximum atomic E-state index is 13.7. The molecule has 1 atom stereocenters. The monoisotopic (exact) mass is 375 g/mol. The van der Waals surface area contributed by atoms with E-state index >= 15 is 0 Å². The van der Waals surface area contributed by atoms with Crippen LogP contribution in [0.25, 0.3) is 0 Å². The van der Waals surface area contributed by atoms with Gasteiger partial charge in [-0.3, -0.25) is 9.59 Å². The molecular formula is C20H22FNO5. The second-order valence-electron chi connectivity index (χ2n) is 5.84. The van der Waals surface area contributed by atoms with E-state index in [-0.39, 0.29) is 12.2 Å². The molecule has 7 heteroatoms. The van der Waals surface area contributed by atoms with Gasteiger partial charge in [0.25, 0.3) is 5.91 Å². The Kier molecular flexibility index (Phi) is 7.16. The smallest absolute Gasteiger partial charge is 0.311 e. The van der Waals surface area contributed by atoms with Gasteiger partial charge in [-0.1, -0.05) is 18.2 Å². The molecular weight excluding hydrogens is 353 g/mol. The summed E-state index contributed by atoms with van der Waals surface area (Å²) in [5, 5.41) is 2.70. The minimum atomic E-state index is -0.959. The fraction of sp³-hybridized carbons (Fsp3) is 0.300. The molecule has 6 nitrogen and oxygen atoms in total. The Hall–Kier alpha value is -3.09. The van der Waals surface area contributed by atoms with Crippen molar-refractivity contribution in [1.82, 2.24) is 5.32 Å². The van der Waals surface area contributed by atoms with E-state index in [4.69, 9.17) is 14.2 Å². The summed E-state index contributed by atoms with van der Waals surface area (Å²) >= 11 is 0. The van der Waals surface area contributed by atoms with Crippen LogP contribution in [0.1, 0.15) is 18.1 Å². The number of amides is 1. The molecule has 2 aromatic carbocycles. The Balaban J connectivity index is 1.82. The second-order valence-corrected chi connectivity index (χ2v) is 5.84. The number of hydrogen-bond donors (Lipinski definition) is 1. The lowest BCUT2D eigenvalue weighted by atomic mass is 10.1. The van der Waals surface area contributed by atoms with Gasteiger partial charge in [-0.2, -0.15) is 0 Å². The first-order chi connectivity index (χ1) is 12.9. The normalized spacial score (nSPS) is 11.4. The summed E-state index contributed by atoms with van der Waals surface area (Å²) in [6.07, 6.45) is -1.10. The van der Waals surface area contributed by atoms with Gasteiger partial charge < -0.3 is 19.5 Å². The van der Waals surface area contributed by atoms with Gasteiger partial charge in [0.1, 0.15) is 5.75 Å². The van der Waals surface area contributed by atoms with Crippen LogP contribution in [0.4, 0.5) is 4.39 Å². The zero-order valence-electron chi connectivity index (χ0n) is 15.5. The number of carbonyl (C=O) groups excluding carboxylic acids is 2. The highest BCUT2D eigenvalue weighted by Gasteiger charge is 2.18. The van der Waals surface area contributed by atoms with Crippen LogP contribution in [0.2, 0.25) is 0 Å². The fourth-order valence-electron chi connectivity index (χ4n) is 2.36. The molecule has 2 rings (SSSR count). The van der Waals surface area contributed by atoms with Crippen molar-refractivity contribution < 1.29 is 28.2 Å². The van der Waals surface area contributed by atoms with E-state index in [1.807, 2.05) is 12.1 Å². The average molecular weight is 375 g/mol. The first-order valence-corrected chi connectivity index (χ1v) is 8.35. The van der Waals surface area contributed by atoms with Crippen molar-refractivity contribution in [3.8, 4) is 11.5 Å². The van der Waals surface area contributed by atoms with E-state index in [0.717, 1.165) is 11.3 Å². The van der Waals surface area contributed by atoms with E-state index in [1.54, 1.807) is 25.3 Å². The summed E-state index contributed by atoms with van der Waals surface area (Å²) in [6, 6.07) is 11.4. The van der Waals surface area contributed by atoms with E-state index in [0.29, 0.717) is 12.1 Å². The molecule has 0 unspecified atom stereocenters. The van der Waals surface area contributed by atoms with Crippen LogP contribution in [0.15, 0.2) is 42.5 Å². The molecule has 0 saturated heterocycles. The topological polar surface area (TPSA) is 73.9 Å². The predicted octanol–water partition coefficient (Wildman–Crippen LogP) is 2.63. The third-order valence-corrected chi connectivity index (χ3v) is 3.87. The number of carbonyl (C=O) groups is 2. The number of ether oxygens (including phenoxy) is 3. The largest absolute Gasteiger partial charge is 0.497 e. The van der Waals surface area contributed by atoms with Gasteiger partial charge in [0.15, 0.2) is 17.7 Å². The average Bonchev–Trinajstić information content (AvgIpc) is 2.66. The number of benzene rings is 2. The van der Waals surface area contributed by atoms with Gasteiger partial charge >= 0.3 is 5.97 Å². The summed E-state index contributed by atoms with van der Waals surface area (Å²) < 4.78 is 28.7. The highest BCUT2D eigenvalue weighted by molar-refractivity contribution is 5.83. The fourth-order valence-corrected chi connectivity index (χ4v) is 2.36. The third-order valence-electron chi connectivity index (χ3n) is 3.87. The van der Waals surface area contributed by atoms with Gasteiger partial charge in [0.05, 0.1) is 20.6 Å². The van der Waals surface area contributed by atoms with Crippen LogP contribution in [-0.4, -0.2) is 32.2 Å². The summed E-state index contributed by atoms with van der Waals surface area (Å²) in [5.74, 6) is -0.777. The Morgan fingerprint density at radius 1 is 1.04 bits per heavy atom. The molecule has 0 aliphatic carbocycles. The van der Waals surface area contributed by atoms with Gasteiger partial charge in [-0.05, 0) is 42.3 Å². The lowest BCUT2D eigenvalue weighted by molar-refractivity contribution is -0.154. The molecule has 0 radical (unpaired) electrons. The Bertz CT molecular complexity index is 791. The van der Waals surface area contributed by atoms with Crippen molar-refractivity contribution >= 4 is 11.9 Å². The molecule has 0 aliphatic heterocycles. The van der Waals surface area contributed by atoms with Gasteiger partial charge in [-0.15, -0.1) is 0 Å². The van der Waals surface area contributed by atoms with E-state index < -0.39 is 23.8 Å². The first kappa shape index (κ1) is 20.2. The number of hydrogen-bond acceptors (Lipinski definition) is 5. The predicted molar refractivity (Wildman–Crippen MR) is 97.1 cm³/mol. The first-order valence-electron chi connectivity index (χ1n) is 8.35. The Morgan fingerprint density at radius 3 is 2.30 bits per heavy atom. The van der Waals surface area contributed by atoms with E-state index in [2.05, 4.69) is 5.32 Å². The van der Waals surface area contributed by atoms with Crippen molar-refractivity contribution in [2.45, 2.75) is 26.0 Å². The number of nitrogens with one attached hydrogen (secondary N) is 1. The molecule has 0 spiro atoms. The van der Waals surface area contributed by atoms with Crippen molar-refractivity contribution in [2.75, 3.05) is 14.2 Å². The molecule has 1 N–H and O–H groups in total. The maximum absolute atomic E-state index is 13.7. The number of esters is 1. The minimum Gasteiger partial charge on any atom is -0.497 e. The SMILES string of the molecule is COc1ccc(CNC(=O)[C@@H](C)OC(=O)Cc2ccc(OC)c(F)c2)cc1. The summed E-state index contributed by atoms with van der Waals surface area (Å²) in [4.78, 5) is 24.0. The highest BCUT2D eigenvalue weighted by atomic mass is 19.1. The molecule has 0 bridgehead atoms. The van der Waals surface area contributed by atoms with Gasteiger partial charge in [-0.25, -0.2) is 4.39 Å². The molecule has 0 aliphatic rings. The van der Waals surface area contributed by atoms with Gasteiger partial charge in [0.2, 0.25) is 0 Å². The zero-order chi connectivity index (χ0) is 19.8. The Morgan fingerprint density at radius 2 is 1.70 bits per heavy atom. The van der Waals surface area contributed by atoms with Crippen LogP contribution in [0, 0.1) is 5.82 Å². The van der Waals surface area contributed by atoms with Crippen LogP contribution in [0.3, 0.4) is 0 Å². The highest BCUT2D eigenvalue weighted by Crippen LogP contribution is 2.18. The second kappa shape index (κ2) is 9.56. The zero-order valence-corrected chi connectivity index (χ0v) is 15.5. The van der Waals surface area contributed by atoms with Crippen LogP contribution in [0.5, 0.6) is 11.5 Å². The van der Waals surface area contributed by atoms with Crippen LogP contribution >= 0.6 is 0 Å². The molecule has 2 aromatic rings. The van der Waals surface area contributed by atoms with Crippen molar-refractivity contribution in [3.63, 3.8) is 0 Å². The summed E-state index contributed by atoms with van der Waals surface area (Å²) in [6.45, 7) is 1.78. The van der Waals surface area contributed by atoms with Gasteiger partial charge in [0, 0.05) is 6.54 Å².